The number of aromatic nitrogens is 2. The van der Waals surface area contributed by atoms with Gasteiger partial charge in [-0.3, -0.25) is 9.80 Å². The number of aryl methyl sites for hydroxylation is 1. The van der Waals surface area contributed by atoms with E-state index in [1.54, 1.807) is 0 Å². The molecule has 0 atom stereocenters. The summed E-state index contributed by atoms with van der Waals surface area (Å²) in [6.45, 7) is 11.6. The third-order valence-electron chi connectivity index (χ3n) is 8.95. The number of hydrogen-bond donors (Lipinski definition) is 0. The molecular weight excluding hydrogens is 584 g/mol. The fraction of sp³-hybridized carbons (Fsp3) is 0.486. The molecule has 2 saturated heterocycles. The Bertz CT molecular complexity index is 1490. The number of fused-ring (bicyclic) bond motifs is 1. The molecule has 2 aliphatic heterocycles. The highest BCUT2D eigenvalue weighted by atomic mass is 35.5. The van der Waals surface area contributed by atoms with Gasteiger partial charge in [0.2, 0.25) is 0 Å². The van der Waals surface area contributed by atoms with E-state index in [0.717, 1.165) is 96.7 Å². The number of rotatable bonds is 16. The largest absolute Gasteiger partial charge is 0.493 e. The van der Waals surface area contributed by atoms with E-state index >= 15 is 0 Å². The average molecular weight is 631 g/mol. The van der Waals surface area contributed by atoms with Gasteiger partial charge >= 0.3 is 0 Å². The van der Waals surface area contributed by atoms with Crippen LogP contribution in [0.3, 0.4) is 0 Å². The van der Waals surface area contributed by atoms with Crippen LogP contribution in [-0.2, 0) is 13.0 Å². The minimum absolute atomic E-state index is 0.606. The molecular formula is C37H47ClN4O3. The third kappa shape index (κ3) is 8.51. The van der Waals surface area contributed by atoms with Gasteiger partial charge in [0.25, 0.3) is 0 Å². The van der Waals surface area contributed by atoms with Gasteiger partial charge in [-0.05, 0) is 100 Å². The maximum absolute atomic E-state index is 6.48. The fourth-order valence-corrected chi connectivity index (χ4v) is 6.48. The second kappa shape index (κ2) is 15.8. The average Bonchev–Trinajstić information content (AvgIpc) is 3.84. The maximum Gasteiger partial charge on any atom is 0.150 e. The van der Waals surface area contributed by atoms with Crippen LogP contribution in [0.15, 0.2) is 60.7 Å². The van der Waals surface area contributed by atoms with Crippen molar-refractivity contribution in [3.8, 4) is 28.6 Å². The Labute approximate surface area is 273 Å². The van der Waals surface area contributed by atoms with Crippen molar-refractivity contribution in [3.63, 3.8) is 0 Å². The van der Waals surface area contributed by atoms with E-state index in [1.807, 2.05) is 36.4 Å². The molecule has 0 bridgehead atoms. The van der Waals surface area contributed by atoms with Crippen LogP contribution in [0.25, 0.3) is 22.4 Å². The van der Waals surface area contributed by atoms with Crippen molar-refractivity contribution in [2.24, 2.45) is 0 Å². The first-order chi connectivity index (χ1) is 22.2. The topological polar surface area (TPSA) is 52.0 Å². The van der Waals surface area contributed by atoms with Gasteiger partial charge in [0.15, 0.2) is 5.75 Å². The molecule has 4 aromatic rings. The van der Waals surface area contributed by atoms with Gasteiger partial charge in [-0.1, -0.05) is 37.1 Å². The number of benzene rings is 3. The molecule has 7 nitrogen and oxygen atoms in total. The van der Waals surface area contributed by atoms with Crippen LogP contribution in [0.5, 0.6) is 17.2 Å². The minimum Gasteiger partial charge on any atom is -0.493 e. The number of halogens is 1. The van der Waals surface area contributed by atoms with Crippen LogP contribution >= 0.6 is 11.6 Å². The molecule has 0 radical (unpaired) electrons. The Balaban J connectivity index is 1.22. The van der Waals surface area contributed by atoms with Crippen LogP contribution < -0.4 is 14.2 Å². The van der Waals surface area contributed by atoms with E-state index < -0.39 is 0 Å². The Morgan fingerprint density at radius 3 is 2.02 bits per heavy atom. The first-order valence-corrected chi connectivity index (χ1v) is 17.3. The van der Waals surface area contributed by atoms with Gasteiger partial charge < -0.3 is 18.8 Å². The predicted octanol–water partition coefficient (Wildman–Crippen LogP) is 7.73. The summed E-state index contributed by atoms with van der Waals surface area (Å²) in [5.41, 5.74) is 4.24. The molecule has 0 unspecified atom stereocenters. The van der Waals surface area contributed by atoms with Crippen LogP contribution in [0.1, 0.15) is 51.0 Å². The standard InChI is InChI=1S/C37H47ClN4O3/c1-2-3-21-42-34-27-33(44-25-22-40-17-4-5-18-40)28-35(45-26-23-41-19-6-7-20-41)36(34)39-37(42)30-10-14-32(15-11-30)43-24-16-29-8-12-31(38)13-9-29/h8-15,27-28H,2-7,16-26H2,1H3. The second-order valence-corrected chi connectivity index (χ2v) is 12.7. The van der Waals surface area contributed by atoms with Crippen LogP contribution in [0.4, 0.5) is 0 Å². The van der Waals surface area contributed by atoms with Crippen LogP contribution in [-0.4, -0.2) is 78.4 Å². The van der Waals surface area contributed by atoms with Crippen LogP contribution in [0, 0.1) is 0 Å². The highest BCUT2D eigenvalue weighted by Gasteiger charge is 2.20. The third-order valence-corrected chi connectivity index (χ3v) is 9.20. The van der Waals surface area contributed by atoms with Crippen molar-refractivity contribution < 1.29 is 14.2 Å². The van der Waals surface area contributed by atoms with Crippen molar-refractivity contribution in [2.75, 3.05) is 59.1 Å². The lowest BCUT2D eigenvalue weighted by Crippen LogP contribution is -2.25. The van der Waals surface area contributed by atoms with Crippen molar-refractivity contribution in [1.82, 2.24) is 19.4 Å². The first-order valence-electron chi connectivity index (χ1n) is 16.9. The van der Waals surface area contributed by atoms with Gasteiger partial charge in [-0.25, -0.2) is 4.98 Å². The molecule has 45 heavy (non-hydrogen) atoms. The lowest BCUT2D eigenvalue weighted by Gasteiger charge is -2.17. The lowest BCUT2D eigenvalue weighted by atomic mass is 10.1. The molecule has 0 aliphatic carbocycles. The molecule has 0 N–H and O–H groups in total. The molecule has 0 amide bonds. The number of ether oxygens (including phenoxy) is 3. The molecule has 2 fully saturated rings. The number of imidazole rings is 1. The van der Waals surface area contributed by atoms with Gasteiger partial charge in [-0.15, -0.1) is 0 Å². The van der Waals surface area contributed by atoms with Crippen molar-refractivity contribution in [1.29, 1.82) is 0 Å². The minimum atomic E-state index is 0.606. The van der Waals surface area contributed by atoms with Gasteiger partial charge in [0.05, 0.1) is 12.1 Å². The molecule has 0 spiro atoms. The number of likely N-dealkylation sites (tertiary alicyclic amines) is 2. The molecule has 2 aliphatic rings. The molecule has 0 saturated carbocycles. The molecule has 8 heteroatoms. The zero-order valence-corrected chi connectivity index (χ0v) is 27.4. The van der Waals surface area contributed by atoms with Crippen LogP contribution in [0.2, 0.25) is 5.02 Å². The Hall–Kier alpha value is -3.26. The Morgan fingerprint density at radius 1 is 0.711 bits per heavy atom. The molecule has 3 aromatic carbocycles. The quantitative estimate of drug-likeness (QED) is 0.126. The highest BCUT2D eigenvalue weighted by molar-refractivity contribution is 6.30. The molecule has 6 rings (SSSR count). The summed E-state index contributed by atoms with van der Waals surface area (Å²) >= 11 is 6.02. The number of hydrogen-bond acceptors (Lipinski definition) is 6. The van der Waals surface area contributed by atoms with Gasteiger partial charge in [0, 0.05) is 48.8 Å². The van der Waals surface area contributed by atoms with Crippen molar-refractivity contribution in [3.05, 3.63) is 71.2 Å². The zero-order chi connectivity index (χ0) is 30.8. The van der Waals surface area contributed by atoms with E-state index in [2.05, 4.69) is 45.6 Å². The van der Waals surface area contributed by atoms with E-state index in [0.29, 0.717) is 19.8 Å². The van der Waals surface area contributed by atoms with Crippen molar-refractivity contribution >= 4 is 22.6 Å². The van der Waals surface area contributed by atoms with E-state index in [9.17, 15) is 0 Å². The van der Waals surface area contributed by atoms with E-state index in [-0.39, 0.29) is 0 Å². The van der Waals surface area contributed by atoms with Gasteiger partial charge in [-0.2, -0.15) is 0 Å². The van der Waals surface area contributed by atoms with Gasteiger partial charge in [0.1, 0.15) is 36.1 Å². The first kappa shape index (κ1) is 31.7. The summed E-state index contributed by atoms with van der Waals surface area (Å²) in [5.74, 6) is 3.46. The molecule has 3 heterocycles. The monoisotopic (exact) mass is 630 g/mol. The predicted molar refractivity (Wildman–Crippen MR) is 183 cm³/mol. The maximum atomic E-state index is 6.48. The summed E-state index contributed by atoms with van der Waals surface area (Å²) < 4.78 is 21.3. The fourth-order valence-electron chi connectivity index (χ4n) is 6.35. The molecule has 240 valence electrons. The smallest absolute Gasteiger partial charge is 0.150 e. The Morgan fingerprint density at radius 2 is 1.36 bits per heavy atom. The summed E-state index contributed by atoms with van der Waals surface area (Å²) in [5, 5.41) is 0.752. The van der Waals surface area contributed by atoms with Crippen molar-refractivity contribution in [2.45, 2.75) is 58.4 Å². The normalized spacial score (nSPS) is 15.7. The van der Waals surface area contributed by atoms with E-state index in [1.165, 1.54) is 44.3 Å². The summed E-state index contributed by atoms with van der Waals surface area (Å²) in [6.07, 6.45) is 8.13. The number of nitrogens with zero attached hydrogens (tertiary/aromatic N) is 4. The lowest BCUT2D eigenvalue weighted by molar-refractivity contribution is 0.231. The summed E-state index contributed by atoms with van der Waals surface area (Å²) in [4.78, 5) is 10.2. The summed E-state index contributed by atoms with van der Waals surface area (Å²) in [6, 6.07) is 20.5. The number of unbranched alkanes of at least 4 members (excludes halogenated alkanes) is 1. The molecule has 1 aromatic heterocycles. The zero-order valence-electron chi connectivity index (χ0n) is 26.7. The SMILES string of the molecule is CCCCn1c(-c2ccc(OCCc3ccc(Cl)cc3)cc2)nc2c(OCCN3CCCC3)cc(OCCN3CCCC3)cc21. The summed E-state index contributed by atoms with van der Waals surface area (Å²) in [7, 11) is 0. The van der Waals surface area contributed by atoms with E-state index in [4.69, 9.17) is 30.8 Å². The highest BCUT2D eigenvalue weighted by Crippen LogP contribution is 2.35. The second-order valence-electron chi connectivity index (χ2n) is 12.3. The Kier molecular flexibility index (Phi) is 11.2.